The maximum absolute atomic E-state index is 13.0. The fourth-order valence-electron chi connectivity index (χ4n) is 2.08. The third kappa shape index (κ3) is 2.96. The molecule has 1 N–H and O–H groups in total. The zero-order chi connectivity index (χ0) is 13.8. The molecule has 0 spiro atoms. The van der Waals surface area contributed by atoms with Gasteiger partial charge in [-0.25, -0.2) is 9.37 Å². The maximum atomic E-state index is 13.0. The molecule has 0 aliphatic rings. The van der Waals surface area contributed by atoms with E-state index < -0.39 is 0 Å². The predicted molar refractivity (Wildman–Crippen MR) is 77.2 cm³/mol. The second-order valence-electron chi connectivity index (χ2n) is 4.62. The van der Waals surface area contributed by atoms with Crippen molar-refractivity contribution in [2.75, 3.05) is 11.9 Å². The first-order chi connectivity index (χ1) is 9.81. The number of halogens is 1. The summed E-state index contributed by atoms with van der Waals surface area (Å²) in [7, 11) is 0. The quantitative estimate of drug-likeness (QED) is 0.712. The summed E-state index contributed by atoms with van der Waals surface area (Å²) in [5.74, 6) is 0.353. The molecule has 0 radical (unpaired) electrons. The highest BCUT2D eigenvalue weighted by Gasteiger charge is 2.06. The minimum Gasteiger partial charge on any atom is -0.441 e. The van der Waals surface area contributed by atoms with Crippen LogP contribution in [0.1, 0.15) is 12.3 Å². The monoisotopic (exact) mass is 270 g/mol. The van der Waals surface area contributed by atoms with Crippen molar-refractivity contribution in [2.45, 2.75) is 12.8 Å². The Labute approximate surface area is 116 Å². The predicted octanol–water partition coefficient (Wildman–Crippen LogP) is 4.01. The van der Waals surface area contributed by atoms with Gasteiger partial charge in [-0.3, -0.25) is 0 Å². The van der Waals surface area contributed by atoms with Gasteiger partial charge in [-0.1, -0.05) is 18.2 Å². The minimum atomic E-state index is -0.300. The lowest BCUT2D eigenvalue weighted by Crippen LogP contribution is -2.02. The molecule has 0 aliphatic heterocycles. The highest BCUT2D eigenvalue weighted by atomic mass is 19.1. The Hall–Kier alpha value is -2.36. The van der Waals surface area contributed by atoms with E-state index in [0.717, 1.165) is 25.1 Å². The zero-order valence-electron chi connectivity index (χ0n) is 11.0. The summed E-state index contributed by atoms with van der Waals surface area (Å²) in [5, 5.41) is 3.33. The van der Waals surface area contributed by atoms with Crippen LogP contribution in [0.15, 0.2) is 52.9 Å². The van der Waals surface area contributed by atoms with Gasteiger partial charge in [0.15, 0.2) is 11.5 Å². The summed E-state index contributed by atoms with van der Waals surface area (Å²) >= 11 is 0. The molecule has 20 heavy (non-hydrogen) atoms. The van der Waals surface area contributed by atoms with Gasteiger partial charge in [0.25, 0.3) is 0 Å². The zero-order valence-corrected chi connectivity index (χ0v) is 11.0. The highest BCUT2D eigenvalue weighted by Crippen LogP contribution is 2.17. The smallest absolute Gasteiger partial charge is 0.195 e. The van der Waals surface area contributed by atoms with Crippen molar-refractivity contribution in [3.63, 3.8) is 0 Å². The second kappa shape index (κ2) is 5.74. The number of oxazole rings is 1. The summed E-state index contributed by atoms with van der Waals surface area (Å²) in [6.07, 6.45) is 1.64. The number of rotatable bonds is 5. The number of fused-ring (bicyclic) bond motifs is 1. The van der Waals surface area contributed by atoms with Gasteiger partial charge in [-0.05, 0) is 30.7 Å². The third-order valence-corrected chi connectivity index (χ3v) is 3.07. The number of benzene rings is 2. The van der Waals surface area contributed by atoms with E-state index in [9.17, 15) is 4.39 Å². The topological polar surface area (TPSA) is 38.1 Å². The largest absolute Gasteiger partial charge is 0.441 e. The lowest BCUT2D eigenvalue weighted by molar-refractivity contribution is 0.520. The van der Waals surface area contributed by atoms with Gasteiger partial charge in [-0.2, -0.15) is 0 Å². The Kier molecular flexibility index (Phi) is 3.63. The Morgan fingerprint density at radius 1 is 1.10 bits per heavy atom. The van der Waals surface area contributed by atoms with E-state index in [-0.39, 0.29) is 5.82 Å². The molecule has 1 heterocycles. The van der Waals surface area contributed by atoms with Crippen molar-refractivity contribution >= 4 is 16.8 Å². The van der Waals surface area contributed by atoms with E-state index >= 15 is 0 Å². The average molecular weight is 270 g/mol. The Morgan fingerprint density at radius 2 is 1.95 bits per heavy atom. The molecule has 3 aromatic rings. The number of hydrogen-bond acceptors (Lipinski definition) is 3. The molecule has 2 aromatic carbocycles. The Morgan fingerprint density at radius 3 is 2.80 bits per heavy atom. The molecule has 0 aliphatic carbocycles. The van der Waals surface area contributed by atoms with Crippen LogP contribution in [-0.4, -0.2) is 11.5 Å². The number of para-hydroxylation sites is 1. The first-order valence-electron chi connectivity index (χ1n) is 6.65. The first kappa shape index (κ1) is 12.7. The summed E-state index contributed by atoms with van der Waals surface area (Å²) < 4.78 is 18.6. The van der Waals surface area contributed by atoms with Crippen molar-refractivity contribution in [1.29, 1.82) is 0 Å². The van der Waals surface area contributed by atoms with Crippen LogP contribution in [0.25, 0.3) is 11.1 Å². The average Bonchev–Trinajstić information content (AvgIpc) is 2.86. The van der Waals surface area contributed by atoms with Gasteiger partial charge in [-0.15, -0.1) is 0 Å². The van der Waals surface area contributed by atoms with Crippen LogP contribution < -0.4 is 5.32 Å². The lowest BCUT2D eigenvalue weighted by Gasteiger charge is -2.04. The van der Waals surface area contributed by atoms with Gasteiger partial charge >= 0.3 is 0 Å². The van der Waals surface area contributed by atoms with E-state index in [1.807, 2.05) is 30.3 Å². The molecule has 0 atom stereocenters. The summed E-state index contributed by atoms with van der Waals surface area (Å²) in [6.45, 7) is 0.844. The molecule has 4 heteroatoms. The molecule has 0 bridgehead atoms. The van der Waals surface area contributed by atoms with Gasteiger partial charge in [0.2, 0.25) is 0 Å². The standard InChI is InChI=1S/C16H15FN2O/c17-12-8-9-14-15(11-12)20-16(19-14)7-4-10-18-13-5-2-1-3-6-13/h1-3,5-6,8-9,11,18H,4,7,10H2. The van der Waals surface area contributed by atoms with Crippen molar-refractivity contribution in [2.24, 2.45) is 0 Å². The van der Waals surface area contributed by atoms with Crippen LogP contribution in [0, 0.1) is 5.82 Å². The van der Waals surface area contributed by atoms with Crippen LogP contribution in [0.4, 0.5) is 10.1 Å². The molecule has 0 saturated carbocycles. The van der Waals surface area contributed by atoms with Crippen LogP contribution in [0.3, 0.4) is 0 Å². The molecule has 3 nitrogen and oxygen atoms in total. The van der Waals surface area contributed by atoms with Gasteiger partial charge in [0.1, 0.15) is 11.3 Å². The molecule has 0 fully saturated rings. The highest BCUT2D eigenvalue weighted by molar-refractivity contribution is 5.72. The fourth-order valence-corrected chi connectivity index (χ4v) is 2.08. The molecule has 0 amide bonds. The van der Waals surface area contributed by atoms with Gasteiger partial charge < -0.3 is 9.73 Å². The Balaban J connectivity index is 1.55. The number of nitrogens with one attached hydrogen (secondary N) is 1. The number of nitrogens with zero attached hydrogens (tertiary/aromatic N) is 1. The first-order valence-corrected chi connectivity index (χ1v) is 6.65. The molecular formula is C16H15FN2O. The van der Waals surface area contributed by atoms with E-state index in [2.05, 4.69) is 10.3 Å². The summed E-state index contributed by atoms with van der Waals surface area (Å²) in [5.41, 5.74) is 2.32. The van der Waals surface area contributed by atoms with E-state index in [0.29, 0.717) is 17.0 Å². The second-order valence-corrected chi connectivity index (χ2v) is 4.62. The maximum Gasteiger partial charge on any atom is 0.195 e. The van der Waals surface area contributed by atoms with Crippen molar-refractivity contribution in [3.8, 4) is 0 Å². The molecule has 3 rings (SSSR count). The van der Waals surface area contributed by atoms with Gasteiger partial charge in [0.05, 0.1) is 0 Å². The minimum absolute atomic E-state index is 0.300. The molecule has 0 unspecified atom stereocenters. The summed E-state index contributed by atoms with van der Waals surface area (Å²) in [4.78, 5) is 4.34. The van der Waals surface area contributed by atoms with Gasteiger partial charge in [0, 0.05) is 24.7 Å². The van der Waals surface area contributed by atoms with Crippen LogP contribution >= 0.6 is 0 Å². The molecule has 102 valence electrons. The van der Waals surface area contributed by atoms with Crippen molar-refractivity contribution in [1.82, 2.24) is 4.98 Å². The van der Waals surface area contributed by atoms with Crippen LogP contribution in [-0.2, 0) is 6.42 Å². The van der Waals surface area contributed by atoms with Crippen LogP contribution in [0.5, 0.6) is 0 Å². The Bertz CT molecular complexity index is 694. The van der Waals surface area contributed by atoms with Crippen molar-refractivity contribution in [3.05, 3.63) is 60.2 Å². The SMILES string of the molecule is Fc1ccc2nc(CCCNc3ccccc3)oc2c1. The number of hydrogen-bond donors (Lipinski definition) is 1. The fraction of sp³-hybridized carbons (Fsp3) is 0.188. The van der Waals surface area contributed by atoms with E-state index in [1.165, 1.54) is 12.1 Å². The van der Waals surface area contributed by atoms with Crippen molar-refractivity contribution < 1.29 is 8.81 Å². The summed E-state index contributed by atoms with van der Waals surface area (Å²) in [6, 6.07) is 14.4. The molecule has 0 saturated heterocycles. The number of aromatic nitrogens is 1. The lowest BCUT2D eigenvalue weighted by atomic mass is 10.3. The van der Waals surface area contributed by atoms with Crippen LogP contribution in [0.2, 0.25) is 0 Å². The number of anilines is 1. The molecule has 1 aromatic heterocycles. The third-order valence-electron chi connectivity index (χ3n) is 3.07. The molecular weight excluding hydrogens is 255 g/mol. The van der Waals surface area contributed by atoms with E-state index in [1.54, 1.807) is 6.07 Å². The normalized spacial score (nSPS) is 10.8. The number of aryl methyl sites for hydroxylation is 1. The van der Waals surface area contributed by atoms with E-state index in [4.69, 9.17) is 4.42 Å².